The SMILES string of the molecule is COc1cc(OC)c([C@@H](CF)N2CCNCC2)c(OC)c1.Cl. The number of ether oxygens (including phenoxy) is 3. The normalized spacial score (nSPS) is 16.5. The van der Waals surface area contributed by atoms with Crippen molar-refractivity contribution in [3.63, 3.8) is 0 Å². The third kappa shape index (κ3) is 3.94. The highest BCUT2D eigenvalue weighted by Gasteiger charge is 2.28. The van der Waals surface area contributed by atoms with Crippen molar-refractivity contribution in [1.29, 1.82) is 0 Å². The van der Waals surface area contributed by atoms with Crippen molar-refractivity contribution in [2.45, 2.75) is 6.04 Å². The number of nitrogens with one attached hydrogen (secondary N) is 1. The van der Waals surface area contributed by atoms with E-state index in [0.29, 0.717) is 17.2 Å². The van der Waals surface area contributed by atoms with Gasteiger partial charge in [0.1, 0.15) is 23.9 Å². The minimum absolute atomic E-state index is 0. The summed E-state index contributed by atoms with van der Waals surface area (Å²) < 4.78 is 29.8. The first kappa shape index (κ1) is 18.8. The van der Waals surface area contributed by atoms with Crippen molar-refractivity contribution in [3.8, 4) is 17.2 Å². The van der Waals surface area contributed by atoms with Gasteiger partial charge >= 0.3 is 0 Å². The third-order valence-electron chi connectivity index (χ3n) is 3.82. The monoisotopic (exact) mass is 334 g/mol. The molecular weight excluding hydrogens is 311 g/mol. The van der Waals surface area contributed by atoms with Crippen molar-refractivity contribution in [2.24, 2.45) is 0 Å². The molecule has 22 heavy (non-hydrogen) atoms. The molecule has 0 unspecified atom stereocenters. The lowest BCUT2D eigenvalue weighted by Crippen LogP contribution is -2.45. The highest BCUT2D eigenvalue weighted by atomic mass is 35.5. The van der Waals surface area contributed by atoms with Crippen molar-refractivity contribution in [3.05, 3.63) is 17.7 Å². The Balaban J connectivity index is 0.00000242. The van der Waals surface area contributed by atoms with Gasteiger partial charge in [0, 0.05) is 38.3 Å². The Bertz CT molecular complexity index is 445. The summed E-state index contributed by atoms with van der Waals surface area (Å²) in [7, 11) is 4.73. The van der Waals surface area contributed by atoms with Crippen molar-refractivity contribution in [1.82, 2.24) is 10.2 Å². The van der Waals surface area contributed by atoms with Crippen molar-refractivity contribution < 1.29 is 18.6 Å². The van der Waals surface area contributed by atoms with Crippen LogP contribution >= 0.6 is 12.4 Å². The highest BCUT2D eigenvalue weighted by molar-refractivity contribution is 5.85. The van der Waals surface area contributed by atoms with E-state index in [2.05, 4.69) is 10.2 Å². The van der Waals surface area contributed by atoms with Gasteiger partial charge in [0.05, 0.1) is 32.9 Å². The molecule has 5 nitrogen and oxygen atoms in total. The van der Waals surface area contributed by atoms with E-state index in [9.17, 15) is 4.39 Å². The molecule has 1 aliphatic heterocycles. The third-order valence-corrected chi connectivity index (χ3v) is 3.82. The molecule has 0 aliphatic carbocycles. The molecule has 1 aromatic carbocycles. The number of benzene rings is 1. The van der Waals surface area contributed by atoms with Crippen LogP contribution in [0.4, 0.5) is 4.39 Å². The summed E-state index contributed by atoms with van der Waals surface area (Å²) in [5.74, 6) is 1.81. The van der Waals surface area contributed by atoms with Gasteiger partial charge in [-0.25, -0.2) is 4.39 Å². The summed E-state index contributed by atoms with van der Waals surface area (Å²) in [5.41, 5.74) is 0.741. The van der Waals surface area contributed by atoms with Gasteiger partial charge in [-0.15, -0.1) is 12.4 Å². The molecular formula is C15H24ClFN2O3. The molecule has 0 bridgehead atoms. The molecule has 2 rings (SSSR count). The van der Waals surface area contributed by atoms with Gasteiger partial charge in [0.15, 0.2) is 0 Å². The van der Waals surface area contributed by atoms with E-state index in [0.717, 1.165) is 31.7 Å². The number of alkyl halides is 1. The molecule has 1 aromatic rings. The summed E-state index contributed by atoms with van der Waals surface area (Å²) in [6, 6.07) is 3.16. The summed E-state index contributed by atoms with van der Waals surface area (Å²) in [6.07, 6.45) is 0. The van der Waals surface area contributed by atoms with Gasteiger partial charge in [-0.3, -0.25) is 4.90 Å². The Hall–Kier alpha value is -1.24. The Morgan fingerprint density at radius 2 is 1.64 bits per heavy atom. The van der Waals surface area contributed by atoms with Crippen LogP contribution in [0.1, 0.15) is 11.6 Å². The molecule has 1 N–H and O–H groups in total. The number of methoxy groups -OCH3 is 3. The lowest BCUT2D eigenvalue weighted by Gasteiger charge is -2.34. The largest absolute Gasteiger partial charge is 0.496 e. The van der Waals surface area contributed by atoms with E-state index in [1.165, 1.54) is 0 Å². The van der Waals surface area contributed by atoms with Crippen LogP contribution in [0.25, 0.3) is 0 Å². The average Bonchev–Trinajstić information content (AvgIpc) is 2.56. The lowest BCUT2D eigenvalue weighted by atomic mass is 10.0. The van der Waals surface area contributed by atoms with E-state index in [-0.39, 0.29) is 18.4 Å². The second-order valence-electron chi connectivity index (χ2n) is 4.90. The molecule has 1 saturated heterocycles. The number of hydrogen-bond acceptors (Lipinski definition) is 5. The van der Waals surface area contributed by atoms with Crippen molar-refractivity contribution in [2.75, 3.05) is 54.2 Å². The molecule has 0 radical (unpaired) electrons. The summed E-state index contributed by atoms with van der Waals surface area (Å²) in [4.78, 5) is 2.11. The van der Waals surface area contributed by atoms with E-state index < -0.39 is 6.67 Å². The minimum atomic E-state index is -0.487. The Labute approximate surface area is 137 Å². The van der Waals surface area contributed by atoms with Crippen LogP contribution < -0.4 is 19.5 Å². The van der Waals surface area contributed by atoms with E-state index in [1.54, 1.807) is 33.5 Å². The maximum absolute atomic E-state index is 13.7. The molecule has 7 heteroatoms. The zero-order valence-corrected chi connectivity index (χ0v) is 14.0. The number of hydrogen-bond donors (Lipinski definition) is 1. The quantitative estimate of drug-likeness (QED) is 0.862. The fourth-order valence-corrected chi connectivity index (χ4v) is 2.71. The Kier molecular flexibility index (Phi) is 7.72. The number of piperazine rings is 1. The topological polar surface area (TPSA) is 43.0 Å². The van der Waals surface area contributed by atoms with Gasteiger partial charge in [-0.1, -0.05) is 0 Å². The molecule has 1 atom stereocenters. The van der Waals surface area contributed by atoms with E-state index in [4.69, 9.17) is 14.2 Å². The van der Waals surface area contributed by atoms with Gasteiger partial charge in [0.25, 0.3) is 0 Å². The standard InChI is InChI=1S/C15H23FN2O3.ClH/c1-19-11-8-13(20-2)15(14(9-11)21-3)12(10-16)18-6-4-17-5-7-18;/h8-9,12,17H,4-7,10H2,1-3H3;1H/t12-;/m1./s1. The van der Waals surface area contributed by atoms with Crippen LogP contribution in [-0.2, 0) is 0 Å². The van der Waals surface area contributed by atoms with Crippen LogP contribution in [0.15, 0.2) is 12.1 Å². The molecule has 1 fully saturated rings. The minimum Gasteiger partial charge on any atom is -0.496 e. The van der Waals surface area contributed by atoms with Gasteiger partial charge < -0.3 is 19.5 Å². The average molecular weight is 335 g/mol. The van der Waals surface area contributed by atoms with Gasteiger partial charge in [0.2, 0.25) is 0 Å². The smallest absolute Gasteiger partial charge is 0.131 e. The first-order valence-corrected chi connectivity index (χ1v) is 7.05. The molecule has 1 aliphatic rings. The first-order chi connectivity index (χ1) is 10.2. The predicted octanol–water partition coefficient (Wildman–Crippen LogP) is 2.05. The highest BCUT2D eigenvalue weighted by Crippen LogP contribution is 2.40. The van der Waals surface area contributed by atoms with Crippen molar-refractivity contribution >= 4 is 12.4 Å². The maximum atomic E-state index is 13.7. The summed E-state index contributed by atoms with van der Waals surface area (Å²) in [6.45, 7) is 2.83. The molecule has 1 heterocycles. The van der Waals surface area contributed by atoms with Gasteiger partial charge in [-0.05, 0) is 0 Å². The predicted molar refractivity (Wildman–Crippen MR) is 86.5 cm³/mol. The van der Waals surface area contributed by atoms with E-state index in [1.807, 2.05) is 0 Å². The molecule has 0 aromatic heterocycles. The Morgan fingerprint density at radius 3 is 2.05 bits per heavy atom. The fraction of sp³-hybridized carbons (Fsp3) is 0.600. The number of halogens is 2. The van der Waals surface area contributed by atoms with Crippen LogP contribution in [0.2, 0.25) is 0 Å². The fourth-order valence-electron chi connectivity index (χ4n) is 2.71. The second kappa shape index (κ2) is 9.02. The second-order valence-corrected chi connectivity index (χ2v) is 4.90. The van der Waals surface area contributed by atoms with Crippen LogP contribution in [-0.4, -0.2) is 59.1 Å². The Morgan fingerprint density at radius 1 is 1.09 bits per heavy atom. The summed E-state index contributed by atoms with van der Waals surface area (Å²) >= 11 is 0. The van der Waals surface area contributed by atoms with Crippen LogP contribution in [0.3, 0.4) is 0 Å². The van der Waals surface area contributed by atoms with Crippen LogP contribution in [0.5, 0.6) is 17.2 Å². The molecule has 0 saturated carbocycles. The van der Waals surface area contributed by atoms with Crippen LogP contribution in [0, 0.1) is 0 Å². The van der Waals surface area contributed by atoms with Gasteiger partial charge in [-0.2, -0.15) is 0 Å². The number of nitrogens with zero attached hydrogens (tertiary/aromatic N) is 1. The molecule has 0 amide bonds. The zero-order valence-electron chi connectivity index (χ0n) is 13.2. The zero-order chi connectivity index (χ0) is 15.2. The lowest BCUT2D eigenvalue weighted by molar-refractivity contribution is 0.142. The maximum Gasteiger partial charge on any atom is 0.131 e. The first-order valence-electron chi connectivity index (χ1n) is 7.05. The number of rotatable bonds is 6. The molecule has 0 spiro atoms. The van der Waals surface area contributed by atoms with E-state index >= 15 is 0 Å². The summed E-state index contributed by atoms with van der Waals surface area (Å²) in [5, 5.41) is 3.27. The molecule has 126 valence electrons.